The van der Waals surface area contributed by atoms with Crippen molar-refractivity contribution >= 4 is 34.8 Å². The molecule has 0 unspecified atom stereocenters. The lowest BCUT2D eigenvalue weighted by molar-refractivity contribution is 0.0752. The van der Waals surface area contributed by atoms with Gasteiger partial charge in [-0.25, -0.2) is 0 Å². The van der Waals surface area contributed by atoms with Gasteiger partial charge in [-0.05, 0) is 49.6 Å². The molecule has 1 saturated heterocycles. The number of benzene rings is 2. The van der Waals surface area contributed by atoms with Crippen molar-refractivity contribution in [3.05, 3.63) is 63.6 Å². The van der Waals surface area contributed by atoms with Crippen molar-refractivity contribution in [2.45, 2.75) is 19.3 Å². The predicted octanol–water partition coefficient (Wildman–Crippen LogP) is 4.59. The molecule has 2 aliphatic rings. The highest BCUT2D eigenvalue weighted by atomic mass is 35.5. The molecule has 2 aliphatic heterocycles. The van der Waals surface area contributed by atoms with Crippen LogP contribution in [0, 0.1) is 0 Å². The first-order valence-electron chi connectivity index (χ1n) is 10.4. The van der Waals surface area contributed by atoms with E-state index in [2.05, 4.69) is 15.9 Å². The summed E-state index contributed by atoms with van der Waals surface area (Å²) >= 11 is 12.5. The molecule has 0 aliphatic carbocycles. The molecular formula is C23H27Cl2N3O. The zero-order valence-electron chi connectivity index (χ0n) is 16.6. The quantitative estimate of drug-likeness (QED) is 0.692. The Balaban J connectivity index is 1.26. The van der Waals surface area contributed by atoms with Crippen LogP contribution in [0.1, 0.15) is 28.8 Å². The molecule has 2 aromatic rings. The van der Waals surface area contributed by atoms with Gasteiger partial charge in [-0.15, -0.1) is 0 Å². The molecule has 0 radical (unpaired) electrons. The standard InChI is InChI=1S/C23H27Cl2N3O/c24-20-9-3-10-21(22(20)25)27-16-14-26(15-17-27)11-5-13-28-12-4-7-18-6-1-2-8-19(18)23(28)29/h1-3,6,8-10H,4-5,7,11-17H2. The highest BCUT2D eigenvalue weighted by Crippen LogP contribution is 2.32. The molecule has 0 bridgehead atoms. The van der Waals surface area contributed by atoms with Crippen LogP contribution in [0.4, 0.5) is 5.69 Å². The smallest absolute Gasteiger partial charge is 0.254 e. The summed E-state index contributed by atoms with van der Waals surface area (Å²) < 4.78 is 0. The summed E-state index contributed by atoms with van der Waals surface area (Å²) in [6, 6.07) is 13.9. The van der Waals surface area contributed by atoms with Crippen LogP contribution in [-0.4, -0.2) is 61.5 Å². The fraction of sp³-hybridized carbons (Fsp3) is 0.435. The summed E-state index contributed by atoms with van der Waals surface area (Å²) in [5.41, 5.74) is 3.10. The number of hydrogen-bond donors (Lipinski definition) is 0. The average molecular weight is 432 g/mol. The van der Waals surface area contributed by atoms with Crippen LogP contribution >= 0.6 is 23.2 Å². The van der Waals surface area contributed by atoms with E-state index < -0.39 is 0 Å². The maximum atomic E-state index is 12.9. The first kappa shape index (κ1) is 20.5. The van der Waals surface area contributed by atoms with E-state index in [1.807, 2.05) is 41.3 Å². The fourth-order valence-corrected chi connectivity index (χ4v) is 4.74. The molecule has 29 heavy (non-hydrogen) atoms. The molecule has 4 nitrogen and oxygen atoms in total. The van der Waals surface area contributed by atoms with E-state index in [-0.39, 0.29) is 5.91 Å². The van der Waals surface area contributed by atoms with Gasteiger partial charge < -0.3 is 9.80 Å². The second-order valence-electron chi connectivity index (χ2n) is 7.81. The van der Waals surface area contributed by atoms with E-state index >= 15 is 0 Å². The van der Waals surface area contributed by atoms with E-state index in [1.54, 1.807) is 0 Å². The number of fused-ring (bicyclic) bond motifs is 1. The number of piperazine rings is 1. The minimum atomic E-state index is 0.193. The van der Waals surface area contributed by atoms with E-state index in [9.17, 15) is 4.79 Å². The Labute approximate surface area is 183 Å². The van der Waals surface area contributed by atoms with Gasteiger partial charge in [-0.3, -0.25) is 9.69 Å². The lowest BCUT2D eigenvalue weighted by atomic mass is 10.0. The van der Waals surface area contributed by atoms with E-state index in [0.29, 0.717) is 10.0 Å². The van der Waals surface area contributed by atoms with Gasteiger partial charge in [0.15, 0.2) is 0 Å². The first-order chi connectivity index (χ1) is 14.1. The van der Waals surface area contributed by atoms with Gasteiger partial charge in [0, 0.05) is 44.8 Å². The predicted molar refractivity (Wildman–Crippen MR) is 120 cm³/mol. The van der Waals surface area contributed by atoms with Crippen molar-refractivity contribution < 1.29 is 4.79 Å². The lowest BCUT2D eigenvalue weighted by Crippen LogP contribution is -2.47. The van der Waals surface area contributed by atoms with Crippen LogP contribution in [0.3, 0.4) is 0 Å². The fourth-order valence-electron chi connectivity index (χ4n) is 4.33. The zero-order valence-corrected chi connectivity index (χ0v) is 18.1. The number of carbonyl (C=O) groups excluding carboxylic acids is 1. The molecule has 6 heteroatoms. The minimum absolute atomic E-state index is 0.193. The SMILES string of the molecule is O=C1c2ccccc2CCCN1CCCN1CCN(c2cccc(Cl)c2Cl)CC1. The molecule has 1 amide bonds. The summed E-state index contributed by atoms with van der Waals surface area (Å²) in [5.74, 6) is 0.193. The normalized spacial score (nSPS) is 17.9. The molecule has 0 aromatic heterocycles. The van der Waals surface area contributed by atoms with Crippen molar-refractivity contribution in [1.82, 2.24) is 9.80 Å². The number of hydrogen-bond acceptors (Lipinski definition) is 3. The van der Waals surface area contributed by atoms with Crippen LogP contribution in [0.25, 0.3) is 0 Å². The van der Waals surface area contributed by atoms with Gasteiger partial charge >= 0.3 is 0 Å². The molecule has 0 N–H and O–H groups in total. The summed E-state index contributed by atoms with van der Waals surface area (Å²) in [4.78, 5) is 19.7. The van der Waals surface area contributed by atoms with E-state index in [1.165, 1.54) is 5.56 Å². The molecule has 4 rings (SSSR count). The Bertz CT molecular complexity index is 865. The van der Waals surface area contributed by atoms with Crippen LogP contribution in [0.15, 0.2) is 42.5 Å². The van der Waals surface area contributed by atoms with Crippen molar-refractivity contribution in [1.29, 1.82) is 0 Å². The van der Waals surface area contributed by atoms with Gasteiger partial charge in [0.25, 0.3) is 5.91 Å². The third-order valence-corrected chi connectivity index (χ3v) is 6.76. The van der Waals surface area contributed by atoms with Gasteiger partial charge in [-0.2, -0.15) is 0 Å². The Hall–Kier alpha value is -1.75. The average Bonchev–Trinajstić information content (AvgIpc) is 2.90. The molecule has 0 saturated carbocycles. The molecule has 0 atom stereocenters. The van der Waals surface area contributed by atoms with Crippen molar-refractivity contribution in [3.8, 4) is 0 Å². The van der Waals surface area contributed by atoms with Gasteiger partial charge in [0.1, 0.15) is 0 Å². The van der Waals surface area contributed by atoms with Crippen molar-refractivity contribution in [2.24, 2.45) is 0 Å². The Kier molecular flexibility index (Phi) is 6.63. The largest absolute Gasteiger partial charge is 0.368 e. The summed E-state index contributed by atoms with van der Waals surface area (Å²) in [7, 11) is 0. The summed E-state index contributed by atoms with van der Waals surface area (Å²) in [6.45, 7) is 6.58. The monoisotopic (exact) mass is 431 g/mol. The maximum Gasteiger partial charge on any atom is 0.254 e. The number of carbonyl (C=O) groups is 1. The number of nitrogens with zero attached hydrogens (tertiary/aromatic N) is 3. The number of aryl methyl sites for hydroxylation is 1. The number of rotatable bonds is 5. The minimum Gasteiger partial charge on any atom is -0.368 e. The molecule has 0 spiro atoms. The number of halogens is 2. The van der Waals surface area contributed by atoms with Crippen LogP contribution < -0.4 is 4.90 Å². The first-order valence-corrected chi connectivity index (χ1v) is 11.2. The van der Waals surface area contributed by atoms with Gasteiger partial charge in [0.2, 0.25) is 0 Å². The third-order valence-electron chi connectivity index (χ3n) is 5.96. The summed E-state index contributed by atoms with van der Waals surface area (Å²) in [5, 5.41) is 1.25. The Morgan fingerprint density at radius 1 is 0.862 bits per heavy atom. The maximum absolute atomic E-state index is 12.9. The second kappa shape index (κ2) is 9.38. The summed E-state index contributed by atoms with van der Waals surface area (Å²) in [6.07, 6.45) is 3.04. The zero-order chi connectivity index (χ0) is 20.2. The molecule has 1 fully saturated rings. The Morgan fingerprint density at radius 3 is 2.48 bits per heavy atom. The molecular weight excluding hydrogens is 405 g/mol. The molecule has 2 heterocycles. The van der Waals surface area contributed by atoms with Crippen molar-refractivity contribution in [2.75, 3.05) is 50.7 Å². The third kappa shape index (κ3) is 4.71. The van der Waals surface area contributed by atoms with Crippen LogP contribution in [-0.2, 0) is 6.42 Å². The lowest BCUT2D eigenvalue weighted by Gasteiger charge is -2.36. The van der Waals surface area contributed by atoms with Crippen LogP contribution in [0.2, 0.25) is 10.0 Å². The van der Waals surface area contributed by atoms with Gasteiger partial charge in [-0.1, -0.05) is 47.5 Å². The topological polar surface area (TPSA) is 26.8 Å². The van der Waals surface area contributed by atoms with Crippen LogP contribution in [0.5, 0.6) is 0 Å². The number of anilines is 1. The van der Waals surface area contributed by atoms with Gasteiger partial charge in [0.05, 0.1) is 15.7 Å². The van der Waals surface area contributed by atoms with Crippen molar-refractivity contribution in [3.63, 3.8) is 0 Å². The molecule has 154 valence electrons. The highest BCUT2D eigenvalue weighted by molar-refractivity contribution is 6.43. The van der Waals surface area contributed by atoms with E-state index in [0.717, 1.165) is 76.3 Å². The number of amides is 1. The Morgan fingerprint density at radius 2 is 1.66 bits per heavy atom. The second-order valence-corrected chi connectivity index (χ2v) is 8.59. The van der Waals surface area contributed by atoms with E-state index in [4.69, 9.17) is 23.2 Å². The highest BCUT2D eigenvalue weighted by Gasteiger charge is 2.23. The molecule has 2 aromatic carbocycles.